The summed E-state index contributed by atoms with van der Waals surface area (Å²) in [4.78, 5) is 3.93. The van der Waals surface area contributed by atoms with Gasteiger partial charge in [-0.1, -0.05) is 0 Å². The molecular formula is C8H4BrFN2O. The fourth-order valence-corrected chi connectivity index (χ4v) is 1.15. The number of aromatic nitrogens is 2. The Labute approximate surface area is 81.7 Å². The number of benzene rings is 1. The summed E-state index contributed by atoms with van der Waals surface area (Å²) < 4.78 is 17.8. The molecule has 0 aliphatic heterocycles. The number of rotatable bonds is 1. The summed E-state index contributed by atoms with van der Waals surface area (Å²) >= 11 is 3.05. The van der Waals surface area contributed by atoms with E-state index in [9.17, 15) is 4.39 Å². The summed E-state index contributed by atoms with van der Waals surface area (Å²) in [5, 5.41) is 3.55. The predicted molar refractivity (Wildman–Crippen MR) is 47.4 cm³/mol. The van der Waals surface area contributed by atoms with Crippen molar-refractivity contribution < 1.29 is 8.91 Å². The Morgan fingerprint density at radius 2 is 1.92 bits per heavy atom. The van der Waals surface area contributed by atoms with Gasteiger partial charge in [0.2, 0.25) is 4.73 Å². The molecule has 0 amide bonds. The van der Waals surface area contributed by atoms with Gasteiger partial charge < -0.3 is 4.52 Å². The first-order valence-electron chi connectivity index (χ1n) is 3.51. The van der Waals surface area contributed by atoms with Crippen LogP contribution in [0.1, 0.15) is 0 Å². The van der Waals surface area contributed by atoms with Gasteiger partial charge in [0.1, 0.15) is 5.82 Å². The lowest BCUT2D eigenvalue weighted by atomic mass is 10.2. The fraction of sp³-hybridized carbons (Fsp3) is 0. The molecule has 13 heavy (non-hydrogen) atoms. The van der Waals surface area contributed by atoms with Gasteiger partial charge in [0.05, 0.1) is 0 Å². The lowest BCUT2D eigenvalue weighted by Crippen LogP contribution is -1.77. The molecule has 0 spiro atoms. The molecule has 0 N–H and O–H groups in total. The molecule has 0 bridgehead atoms. The third kappa shape index (κ3) is 1.75. The molecule has 0 radical (unpaired) electrons. The largest absolute Gasteiger partial charge is 0.333 e. The number of hydrogen-bond donors (Lipinski definition) is 0. The van der Waals surface area contributed by atoms with Crippen molar-refractivity contribution in [3.05, 3.63) is 34.8 Å². The Kier molecular flexibility index (Phi) is 2.10. The van der Waals surface area contributed by atoms with Crippen molar-refractivity contribution in [2.45, 2.75) is 0 Å². The maximum absolute atomic E-state index is 12.5. The molecule has 0 atom stereocenters. The van der Waals surface area contributed by atoms with Gasteiger partial charge in [-0.2, -0.15) is 4.98 Å². The van der Waals surface area contributed by atoms with Crippen molar-refractivity contribution >= 4 is 15.9 Å². The Morgan fingerprint density at radius 3 is 2.46 bits per heavy atom. The number of halogens is 2. The first kappa shape index (κ1) is 8.37. The molecule has 1 aromatic carbocycles. The summed E-state index contributed by atoms with van der Waals surface area (Å²) in [6.45, 7) is 0. The summed E-state index contributed by atoms with van der Waals surface area (Å²) in [5.74, 6) is 0.0780. The third-order valence-corrected chi connectivity index (χ3v) is 1.81. The number of nitrogens with zero attached hydrogens (tertiary/aromatic N) is 2. The molecule has 5 heteroatoms. The van der Waals surface area contributed by atoms with Crippen LogP contribution in [0.5, 0.6) is 0 Å². The lowest BCUT2D eigenvalue weighted by molar-refractivity contribution is 0.426. The molecule has 0 fully saturated rings. The van der Waals surface area contributed by atoms with E-state index < -0.39 is 0 Å². The Balaban J connectivity index is 2.41. The zero-order chi connectivity index (χ0) is 9.26. The zero-order valence-electron chi connectivity index (χ0n) is 6.37. The van der Waals surface area contributed by atoms with E-state index >= 15 is 0 Å². The van der Waals surface area contributed by atoms with Crippen molar-refractivity contribution in [3.8, 4) is 11.5 Å². The summed E-state index contributed by atoms with van der Waals surface area (Å²) in [7, 11) is 0. The molecule has 2 rings (SSSR count). The van der Waals surface area contributed by atoms with Crippen LogP contribution >= 0.6 is 15.9 Å². The highest BCUT2D eigenvalue weighted by Gasteiger charge is 2.05. The van der Waals surface area contributed by atoms with Gasteiger partial charge in [0.15, 0.2) is 0 Å². The minimum Gasteiger partial charge on any atom is -0.333 e. The van der Waals surface area contributed by atoms with Crippen molar-refractivity contribution in [3.63, 3.8) is 0 Å². The quantitative estimate of drug-likeness (QED) is 0.772. The first-order chi connectivity index (χ1) is 6.25. The molecule has 0 aliphatic carbocycles. The Hall–Kier alpha value is -1.23. The Bertz CT molecular complexity index is 412. The maximum atomic E-state index is 12.5. The van der Waals surface area contributed by atoms with E-state index in [0.29, 0.717) is 16.2 Å². The number of hydrogen-bond acceptors (Lipinski definition) is 3. The van der Waals surface area contributed by atoms with Crippen LogP contribution in [0, 0.1) is 5.82 Å². The van der Waals surface area contributed by atoms with Gasteiger partial charge >= 0.3 is 0 Å². The molecule has 0 saturated heterocycles. The highest BCUT2D eigenvalue weighted by Crippen LogP contribution is 2.18. The minimum absolute atomic E-state index is 0.290. The fourth-order valence-electron chi connectivity index (χ4n) is 0.915. The zero-order valence-corrected chi connectivity index (χ0v) is 7.95. The molecule has 1 heterocycles. The van der Waals surface area contributed by atoms with Crippen LogP contribution in [0.4, 0.5) is 4.39 Å². The van der Waals surface area contributed by atoms with Gasteiger partial charge in [-0.15, -0.1) is 0 Å². The van der Waals surface area contributed by atoms with E-state index in [1.165, 1.54) is 12.1 Å². The van der Waals surface area contributed by atoms with Crippen LogP contribution in [0.3, 0.4) is 0 Å². The summed E-state index contributed by atoms with van der Waals surface area (Å²) in [6.07, 6.45) is 0. The SMILES string of the molecule is Fc1ccc(-c2nc(Br)no2)cc1. The van der Waals surface area contributed by atoms with Gasteiger partial charge in [-0.3, -0.25) is 0 Å². The minimum atomic E-state index is -0.290. The summed E-state index contributed by atoms with van der Waals surface area (Å²) in [6, 6.07) is 5.84. The molecule has 1 aromatic heterocycles. The van der Waals surface area contributed by atoms with Gasteiger partial charge in [-0.05, 0) is 45.4 Å². The van der Waals surface area contributed by atoms with E-state index in [2.05, 4.69) is 26.1 Å². The van der Waals surface area contributed by atoms with Gasteiger partial charge in [-0.25, -0.2) is 4.39 Å². The van der Waals surface area contributed by atoms with Crippen LogP contribution in [0.15, 0.2) is 33.5 Å². The van der Waals surface area contributed by atoms with Gasteiger partial charge in [0.25, 0.3) is 5.89 Å². The van der Waals surface area contributed by atoms with Gasteiger partial charge in [0, 0.05) is 5.56 Å². The molecular weight excluding hydrogens is 239 g/mol. The first-order valence-corrected chi connectivity index (χ1v) is 4.30. The molecule has 66 valence electrons. The van der Waals surface area contributed by atoms with Crippen molar-refractivity contribution in [1.29, 1.82) is 0 Å². The normalized spacial score (nSPS) is 10.3. The monoisotopic (exact) mass is 242 g/mol. The summed E-state index contributed by atoms with van der Waals surface area (Å²) in [5.41, 5.74) is 0.694. The lowest BCUT2D eigenvalue weighted by Gasteiger charge is -1.91. The van der Waals surface area contributed by atoms with E-state index in [-0.39, 0.29) is 5.82 Å². The second-order valence-electron chi connectivity index (χ2n) is 2.38. The van der Waals surface area contributed by atoms with Crippen LogP contribution in [0.2, 0.25) is 0 Å². The second-order valence-corrected chi connectivity index (χ2v) is 3.08. The van der Waals surface area contributed by atoms with E-state index in [1.54, 1.807) is 12.1 Å². The van der Waals surface area contributed by atoms with Crippen molar-refractivity contribution in [1.82, 2.24) is 10.1 Å². The highest BCUT2D eigenvalue weighted by atomic mass is 79.9. The average molecular weight is 243 g/mol. The van der Waals surface area contributed by atoms with Crippen molar-refractivity contribution in [2.75, 3.05) is 0 Å². The second kappa shape index (κ2) is 3.26. The van der Waals surface area contributed by atoms with E-state index in [1.807, 2.05) is 0 Å². The van der Waals surface area contributed by atoms with Crippen molar-refractivity contribution in [2.24, 2.45) is 0 Å². The smallest absolute Gasteiger partial charge is 0.258 e. The topological polar surface area (TPSA) is 38.9 Å². The maximum Gasteiger partial charge on any atom is 0.258 e. The molecule has 3 nitrogen and oxygen atoms in total. The molecule has 2 aromatic rings. The Morgan fingerprint density at radius 1 is 1.23 bits per heavy atom. The molecule has 0 saturated carbocycles. The molecule has 0 unspecified atom stereocenters. The predicted octanol–water partition coefficient (Wildman–Crippen LogP) is 2.64. The van der Waals surface area contributed by atoms with Crippen LogP contribution < -0.4 is 0 Å². The molecule has 0 aliphatic rings. The van der Waals surface area contributed by atoms with Crippen LogP contribution in [0.25, 0.3) is 11.5 Å². The van der Waals surface area contributed by atoms with E-state index in [4.69, 9.17) is 4.52 Å². The third-order valence-electron chi connectivity index (χ3n) is 1.49. The van der Waals surface area contributed by atoms with Crippen LogP contribution in [-0.4, -0.2) is 10.1 Å². The standard InChI is InChI=1S/C8H4BrFN2O/c9-8-11-7(13-12-8)5-1-3-6(10)4-2-5/h1-4H. The van der Waals surface area contributed by atoms with Crippen LogP contribution in [-0.2, 0) is 0 Å². The average Bonchev–Trinajstić information content (AvgIpc) is 2.53. The van der Waals surface area contributed by atoms with E-state index in [0.717, 1.165) is 0 Å². The highest BCUT2D eigenvalue weighted by molar-refractivity contribution is 9.10.